The van der Waals surface area contributed by atoms with Gasteiger partial charge >= 0.3 is 0 Å². The number of ketones is 2. The average molecular weight is 517 g/mol. The molecule has 3 aliphatic rings. The maximum atomic E-state index is 13.5. The summed E-state index contributed by atoms with van der Waals surface area (Å²) >= 11 is 0. The van der Waals surface area contributed by atoms with Gasteiger partial charge in [-0.2, -0.15) is 5.21 Å². The molecular weight excluding hydrogens is 492 g/mol. The number of primary sulfonamides is 1. The fourth-order valence-electron chi connectivity index (χ4n) is 5.69. The second kappa shape index (κ2) is 8.86. The highest BCUT2D eigenvalue weighted by Crippen LogP contribution is 2.50. The van der Waals surface area contributed by atoms with E-state index in [1.54, 1.807) is 12.1 Å². The van der Waals surface area contributed by atoms with Crippen LogP contribution in [0.5, 0.6) is 0 Å². The Kier molecular flexibility index (Phi) is 5.61. The predicted octanol–water partition coefficient (Wildman–Crippen LogP) is 3.13. The van der Waals surface area contributed by atoms with E-state index in [1.165, 1.54) is 12.1 Å². The average Bonchev–Trinajstić information content (AvgIpc) is 3.43. The van der Waals surface area contributed by atoms with Gasteiger partial charge in [-0.25, -0.2) is 13.6 Å². The molecule has 3 N–H and O–H groups in total. The van der Waals surface area contributed by atoms with E-state index in [2.05, 4.69) is 20.6 Å². The predicted molar refractivity (Wildman–Crippen MR) is 134 cm³/mol. The highest BCUT2D eigenvalue weighted by atomic mass is 32.2. The number of nitrogens with zero attached hydrogens (tertiary/aromatic N) is 4. The van der Waals surface area contributed by atoms with E-state index in [9.17, 15) is 18.0 Å². The number of hydrogen-bond acceptors (Lipinski definition) is 8. The van der Waals surface area contributed by atoms with Gasteiger partial charge < -0.3 is 4.90 Å². The van der Waals surface area contributed by atoms with Crippen molar-refractivity contribution in [3.8, 4) is 11.4 Å². The molecule has 188 valence electrons. The van der Waals surface area contributed by atoms with Gasteiger partial charge in [0.05, 0.1) is 4.90 Å². The van der Waals surface area contributed by atoms with Gasteiger partial charge in [0.2, 0.25) is 15.8 Å². The summed E-state index contributed by atoms with van der Waals surface area (Å²) in [5.74, 6) is -0.0143. The van der Waals surface area contributed by atoms with Gasteiger partial charge in [0.25, 0.3) is 0 Å². The summed E-state index contributed by atoms with van der Waals surface area (Å²) in [4.78, 5) is 29.0. The Morgan fingerprint density at radius 3 is 2.11 bits per heavy atom. The first-order chi connectivity index (χ1) is 17.8. The minimum Gasteiger partial charge on any atom is -0.317 e. The summed E-state index contributed by atoms with van der Waals surface area (Å²) in [5.41, 5.74) is 5.25. The van der Waals surface area contributed by atoms with Crippen molar-refractivity contribution < 1.29 is 18.0 Å². The topological polar surface area (TPSA) is 152 Å². The Hall–Kier alpha value is -3.96. The molecule has 1 aromatic heterocycles. The van der Waals surface area contributed by atoms with E-state index < -0.39 is 15.9 Å². The zero-order chi connectivity index (χ0) is 25.7. The summed E-state index contributed by atoms with van der Waals surface area (Å²) in [6, 6.07) is 13.9. The molecule has 0 saturated carbocycles. The Morgan fingerprint density at radius 2 is 1.54 bits per heavy atom. The number of H-pyrrole nitrogens is 1. The number of rotatable bonds is 4. The first-order valence-corrected chi connectivity index (χ1v) is 13.7. The molecule has 6 rings (SSSR count). The highest BCUT2D eigenvalue weighted by Gasteiger charge is 2.43. The lowest BCUT2D eigenvalue weighted by molar-refractivity contribution is -0.116. The lowest BCUT2D eigenvalue weighted by atomic mass is 9.70. The number of benzene rings is 2. The Morgan fingerprint density at radius 1 is 0.892 bits per heavy atom. The van der Waals surface area contributed by atoms with Gasteiger partial charge in [0.1, 0.15) is 0 Å². The third-order valence-electron chi connectivity index (χ3n) is 7.22. The van der Waals surface area contributed by atoms with Crippen molar-refractivity contribution in [2.45, 2.75) is 49.3 Å². The monoisotopic (exact) mass is 516 g/mol. The van der Waals surface area contributed by atoms with Crippen molar-refractivity contribution >= 4 is 27.3 Å². The number of Topliss-reactive ketones (excluding diaryl/α,β-unsaturated/α-hetero) is 2. The van der Waals surface area contributed by atoms with Crippen LogP contribution in [0.15, 0.2) is 76.0 Å². The number of aromatic amines is 1. The minimum absolute atomic E-state index is 0.00673. The first kappa shape index (κ1) is 23.4. The molecule has 0 bridgehead atoms. The molecule has 0 amide bonds. The molecule has 0 unspecified atom stereocenters. The lowest BCUT2D eigenvalue weighted by Gasteiger charge is -2.44. The first-order valence-electron chi connectivity index (χ1n) is 12.1. The van der Waals surface area contributed by atoms with Crippen LogP contribution in [-0.2, 0) is 19.6 Å². The van der Waals surface area contributed by atoms with Crippen molar-refractivity contribution in [1.29, 1.82) is 0 Å². The van der Waals surface area contributed by atoms with Crippen LogP contribution in [0, 0.1) is 0 Å². The molecule has 11 heteroatoms. The zero-order valence-corrected chi connectivity index (χ0v) is 20.7. The maximum Gasteiger partial charge on any atom is 0.238 e. The van der Waals surface area contributed by atoms with Crippen molar-refractivity contribution in [2.75, 3.05) is 4.90 Å². The van der Waals surface area contributed by atoms with Crippen LogP contribution >= 0.6 is 0 Å². The number of tetrazole rings is 1. The number of allylic oxidation sites excluding steroid dienone is 4. The number of aromatic nitrogens is 4. The lowest BCUT2D eigenvalue weighted by Crippen LogP contribution is -2.39. The van der Waals surface area contributed by atoms with Gasteiger partial charge in [0.15, 0.2) is 11.6 Å². The van der Waals surface area contributed by atoms with Crippen LogP contribution in [0.3, 0.4) is 0 Å². The minimum atomic E-state index is -3.85. The van der Waals surface area contributed by atoms with Crippen LogP contribution in [-0.4, -0.2) is 40.6 Å². The zero-order valence-electron chi connectivity index (χ0n) is 19.8. The van der Waals surface area contributed by atoms with Crippen LogP contribution in [0.2, 0.25) is 0 Å². The number of anilines is 1. The van der Waals surface area contributed by atoms with Crippen LogP contribution in [0.25, 0.3) is 11.4 Å². The summed E-state index contributed by atoms with van der Waals surface area (Å²) in [7, 11) is -3.85. The normalized spacial score (nSPS) is 18.8. The molecule has 2 aliphatic carbocycles. The SMILES string of the molecule is NS(=O)(=O)c1ccc(N2C3=C(C(=O)CCC3)C(c3cccc(-c4nn[nH]n4)c3)C3=C2CCCC3=O)cc1. The van der Waals surface area contributed by atoms with Gasteiger partial charge in [-0.3, -0.25) is 9.59 Å². The summed E-state index contributed by atoms with van der Waals surface area (Å²) in [6.45, 7) is 0. The molecular formula is C26H24N6O4S. The van der Waals surface area contributed by atoms with Crippen LogP contribution < -0.4 is 10.0 Å². The maximum absolute atomic E-state index is 13.5. The number of carbonyl (C=O) groups excluding carboxylic acids is 2. The molecule has 10 nitrogen and oxygen atoms in total. The van der Waals surface area contributed by atoms with Crippen molar-refractivity contribution in [3.63, 3.8) is 0 Å². The Labute approximate surface area is 213 Å². The third-order valence-corrected chi connectivity index (χ3v) is 8.15. The number of hydrogen-bond donors (Lipinski definition) is 2. The standard InChI is InChI=1S/C26H24N6O4S/c27-37(35,36)18-12-10-17(11-13-18)32-19-6-2-8-21(33)24(19)23(25-20(32)7-3-9-22(25)34)15-4-1-5-16(14-15)26-28-30-31-29-26/h1,4-5,10-14,23H,2-3,6-9H2,(H2,27,35,36)(H,28,29,30,31). The van der Waals surface area contributed by atoms with E-state index >= 15 is 0 Å². The van der Waals surface area contributed by atoms with Crippen molar-refractivity contribution in [3.05, 3.63) is 76.6 Å². The number of carbonyl (C=O) groups is 2. The summed E-state index contributed by atoms with van der Waals surface area (Å²) < 4.78 is 23.6. The van der Waals surface area contributed by atoms with E-state index in [0.29, 0.717) is 61.2 Å². The molecule has 0 fully saturated rings. The second-order valence-corrected chi connectivity index (χ2v) is 11.0. The molecule has 2 aromatic carbocycles. The molecule has 2 heterocycles. The number of sulfonamides is 1. The van der Waals surface area contributed by atoms with E-state index in [-0.39, 0.29) is 16.5 Å². The number of nitrogens with two attached hydrogens (primary N) is 1. The van der Waals surface area contributed by atoms with Gasteiger partial charge in [-0.05, 0) is 66.8 Å². The fourth-order valence-corrected chi connectivity index (χ4v) is 6.21. The summed E-state index contributed by atoms with van der Waals surface area (Å²) in [5, 5.41) is 19.6. The molecule has 0 atom stereocenters. The Balaban J connectivity index is 1.56. The van der Waals surface area contributed by atoms with Gasteiger partial charge in [-0.15, -0.1) is 10.2 Å². The van der Waals surface area contributed by atoms with Crippen LogP contribution in [0.4, 0.5) is 5.69 Å². The second-order valence-electron chi connectivity index (χ2n) is 9.44. The largest absolute Gasteiger partial charge is 0.317 e. The molecule has 0 saturated heterocycles. The molecule has 1 aliphatic heterocycles. The van der Waals surface area contributed by atoms with Crippen LogP contribution in [0.1, 0.15) is 50.0 Å². The Bertz CT molecular complexity index is 1550. The molecule has 0 radical (unpaired) electrons. The van der Waals surface area contributed by atoms with E-state index in [4.69, 9.17) is 5.14 Å². The number of nitrogens with one attached hydrogen (secondary N) is 1. The fraction of sp³-hybridized carbons (Fsp3) is 0.269. The quantitative estimate of drug-likeness (QED) is 0.536. The molecule has 3 aromatic rings. The third kappa shape index (κ3) is 4.00. The van der Waals surface area contributed by atoms with Gasteiger partial charge in [0, 0.05) is 52.6 Å². The van der Waals surface area contributed by atoms with Crippen molar-refractivity contribution in [1.82, 2.24) is 20.6 Å². The van der Waals surface area contributed by atoms with E-state index in [0.717, 1.165) is 22.5 Å². The molecule has 37 heavy (non-hydrogen) atoms. The molecule has 0 spiro atoms. The van der Waals surface area contributed by atoms with Crippen molar-refractivity contribution in [2.24, 2.45) is 5.14 Å². The smallest absolute Gasteiger partial charge is 0.238 e. The highest BCUT2D eigenvalue weighted by molar-refractivity contribution is 7.89. The van der Waals surface area contributed by atoms with E-state index in [1.807, 2.05) is 29.2 Å². The van der Waals surface area contributed by atoms with Gasteiger partial charge in [-0.1, -0.05) is 18.2 Å². The summed E-state index contributed by atoms with van der Waals surface area (Å²) in [6.07, 6.45) is 3.57.